The molecular weight excluding hydrogens is 687 g/mol. The van der Waals surface area contributed by atoms with E-state index in [9.17, 15) is 13.2 Å². The molecule has 3 aliphatic rings. The molecule has 7 rings (SSSR count). The van der Waals surface area contributed by atoms with E-state index in [2.05, 4.69) is 45.5 Å². The number of hydrogen-bond acceptors (Lipinski definition) is 9. The van der Waals surface area contributed by atoms with Crippen molar-refractivity contribution in [2.45, 2.75) is 110 Å². The van der Waals surface area contributed by atoms with E-state index in [1.54, 1.807) is 30.6 Å². The molecule has 2 fully saturated rings. The lowest BCUT2D eigenvalue weighted by Crippen LogP contribution is -2.49. The second-order valence-electron chi connectivity index (χ2n) is 14.7. The van der Waals surface area contributed by atoms with Crippen molar-refractivity contribution in [3.63, 3.8) is 0 Å². The first-order valence-corrected chi connectivity index (χ1v) is 20.6. The summed E-state index contributed by atoms with van der Waals surface area (Å²) in [7, 11) is -2.12. The van der Waals surface area contributed by atoms with E-state index in [1.165, 1.54) is 18.6 Å². The number of nitrogens with one attached hydrogen (secondary N) is 1. The van der Waals surface area contributed by atoms with Crippen LogP contribution in [0.4, 0.5) is 11.8 Å². The number of aromatic nitrogens is 4. The van der Waals surface area contributed by atoms with Gasteiger partial charge in [0.1, 0.15) is 12.4 Å². The number of fused-ring (bicyclic) bond motifs is 5. The largest absolute Gasteiger partial charge is 0.475 e. The minimum absolute atomic E-state index is 0. The number of benzene rings is 2. The number of carbonyl (C=O) groups excluding carboxylic acids is 1. The van der Waals surface area contributed by atoms with Gasteiger partial charge in [-0.3, -0.25) is 9.78 Å². The third-order valence-corrected chi connectivity index (χ3v) is 12.0. The number of carbonyl (C=O) groups is 1. The highest BCUT2D eigenvalue weighted by Gasteiger charge is 2.41. The molecule has 1 amide bonds. The van der Waals surface area contributed by atoms with E-state index < -0.39 is 16.1 Å². The number of rotatable bonds is 6. The van der Waals surface area contributed by atoms with Crippen molar-refractivity contribution in [3.8, 4) is 17.1 Å². The molecular formula is C41H55N7O4S. The summed E-state index contributed by atoms with van der Waals surface area (Å²) in [6.07, 6.45) is 10.4. The van der Waals surface area contributed by atoms with Crippen LogP contribution in [-0.4, -0.2) is 64.9 Å². The Kier molecular flexibility index (Phi) is 11.7. The third-order valence-electron chi connectivity index (χ3n) is 10.7. The molecule has 1 saturated carbocycles. The maximum Gasteiger partial charge on any atom is 0.264 e. The predicted octanol–water partition coefficient (Wildman–Crippen LogP) is 8.40. The summed E-state index contributed by atoms with van der Waals surface area (Å²) in [4.78, 5) is 38.0. The van der Waals surface area contributed by atoms with Crippen molar-refractivity contribution in [1.82, 2.24) is 24.8 Å². The minimum Gasteiger partial charge on any atom is -0.475 e. The lowest BCUT2D eigenvalue weighted by molar-refractivity contribution is 0.0353. The molecule has 0 spiro atoms. The van der Waals surface area contributed by atoms with Crippen LogP contribution in [0.3, 0.4) is 0 Å². The van der Waals surface area contributed by atoms with Crippen LogP contribution < -0.4 is 14.4 Å². The second-order valence-corrected chi connectivity index (χ2v) is 16.4. The first kappa shape index (κ1) is 38.2. The van der Waals surface area contributed by atoms with Gasteiger partial charge in [0.05, 0.1) is 40.8 Å². The van der Waals surface area contributed by atoms with Crippen molar-refractivity contribution in [3.05, 3.63) is 83.3 Å². The molecule has 53 heavy (non-hydrogen) atoms. The molecule has 0 radical (unpaired) electrons. The van der Waals surface area contributed by atoms with Gasteiger partial charge in [-0.15, -0.1) is 0 Å². The molecule has 2 aromatic heterocycles. The van der Waals surface area contributed by atoms with E-state index in [0.29, 0.717) is 24.1 Å². The van der Waals surface area contributed by atoms with Gasteiger partial charge in [-0.05, 0) is 93.5 Å². The Bertz CT molecular complexity index is 2020. The molecule has 1 N–H and O–H groups in total. The van der Waals surface area contributed by atoms with Crippen molar-refractivity contribution < 1.29 is 19.4 Å². The highest BCUT2D eigenvalue weighted by molar-refractivity contribution is 7.92. The predicted molar refractivity (Wildman–Crippen MR) is 211 cm³/mol. The summed E-state index contributed by atoms with van der Waals surface area (Å²) in [5.74, 6) is 1.14. The first-order valence-electron chi connectivity index (χ1n) is 19.1. The lowest BCUT2D eigenvalue weighted by atomic mass is 9.87. The number of aryl methyl sites for hydroxylation is 2. The fourth-order valence-electron chi connectivity index (χ4n) is 7.89. The molecule has 284 valence electrons. The zero-order valence-electron chi connectivity index (χ0n) is 32.0. The lowest BCUT2D eigenvalue weighted by Gasteiger charge is -2.40. The van der Waals surface area contributed by atoms with E-state index in [0.717, 1.165) is 60.3 Å². The van der Waals surface area contributed by atoms with Gasteiger partial charge in [0.15, 0.2) is 0 Å². The molecule has 4 aromatic rings. The Morgan fingerprint density at radius 3 is 2.38 bits per heavy atom. The number of amides is 1. The van der Waals surface area contributed by atoms with E-state index in [-0.39, 0.29) is 48.2 Å². The van der Waals surface area contributed by atoms with Gasteiger partial charge in [0.2, 0.25) is 11.8 Å². The van der Waals surface area contributed by atoms with Crippen LogP contribution >= 0.6 is 0 Å². The molecule has 12 heteroatoms. The Morgan fingerprint density at radius 1 is 0.962 bits per heavy atom. The summed E-state index contributed by atoms with van der Waals surface area (Å²) in [5.41, 5.74) is 4.41. The summed E-state index contributed by atoms with van der Waals surface area (Å²) in [5, 5.41) is 0. The maximum atomic E-state index is 15.0. The van der Waals surface area contributed by atoms with Gasteiger partial charge in [-0.25, -0.2) is 23.1 Å². The number of hydrogen-bond donors (Lipinski definition) is 1. The van der Waals surface area contributed by atoms with Crippen LogP contribution in [0.15, 0.2) is 65.8 Å². The fourth-order valence-corrected chi connectivity index (χ4v) is 8.88. The monoisotopic (exact) mass is 741 g/mol. The van der Waals surface area contributed by atoms with Crippen molar-refractivity contribution in [1.29, 1.82) is 0 Å². The third kappa shape index (κ3) is 8.17. The summed E-state index contributed by atoms with van der Waals surface area (Å²) < 4.78 is 36.9. The quantitative estimate of drug-likeness (QED) is 0.207. The molecule has 3 atom stereocenters. The van der Waals surface area contributed by atoms with Gasteiger partial charge in [0, 0.05) is 31.7 Å². The maximum absolute atomic E-state index is 15.0. The first-order chi connectivity index (χ1) is 25.5. The van der Waals surface area contributed by atoms with Crippen LogP contribution in [0.1, 0.15) is 107 Å². The summed E-state index contributed by atoms with van der Waals surface area (Å²) >= 11 is 0. The molecule has 4 heterocycles. The van der Waals surface area contributed by atoms with Crippen molar-refractivity contribution in [2.75, 3.05) is 23.3 Å². The van der Waals surface area contributed by atoms with Crippen molar-refractivity contribution >= 4 is 27.7 Å². The van der Waals surface area contributed by atoms with Gasteiger partial charge in [-0.2, -0.15) is 4.98 Å². The zero-order valence-corrected chi connectivity index (χ0v) is 32.9. The van der Waals surface area contributed by atoms with Crippen LogP contribution in [0.5, 0.6) is 5.88 Å². The summed E-state index contributed by atoms with van der Waals surface area (Å²) in [6, 6.07) is 13.6. The van der Waals surface area contributed by atoms with E-state index in [1.807, 2.05) is 50.8 Å². The Labute approximate surface area is 316 Å². The average Bonchev–Trinajstić information content (AvgIpc) is 3.28. The van der Waals surface area contributed by atoms with Crippen molar-refractivity contribution in [2.24, 2.45) is 11.8 Å². The average molecular weight is 742 g/mol. The molecule has 1 saturated heterocycles. The Morgan fingerprint density at radius 2 is 1.68 bits per heavy atom. The zero-order chi connectivity index (χ0) is 37.9. The summed E-state index contributed by atoms with van der Waals surface area (Å²) in [6.45, 7) is 12.6. The SMILES string of the molecule is CC.Cc1cccc(C)c1-c1cc2nc(n1)NS(=O)(=O)c1cccc(c1)C(=O)N1C(c3cncc(N(C)C4CCC4)n3)CCCC(CC(C)C)C1CO2.[HH]. The Balaban J connectivity index is 0.00000184. The highest BCUT2D eigenvalue weighted by atomic mass is 32.2. The standard InChI is InChI=1S/C39H47N7O4S.C2H6.H2/c1-24(2)18-27-12-8-17-33(32-21-40-22-35(41-32)45(5)29-14-9-15-29)46-34(27)23-50-36-20-31(37-25(3)10-6-11-26(37)4)42-39(43-36)44-51(48,49)30-16-7-13-28(19-30)38(46)47;1-2;/h6-7,10-11,13,16,19-22,24,27,29,33-34H,8-9,12,14-15,17-18,23H2,1-5H3,(H,42,43,44);1-2H3;1H. The fraction of sp³-hybridized carbons (Fsp3) is 0.488. The molecule has 1 aliphatic carbocycles. The van der Waals surface area contributed by atoms with Gasteiger partial charge >= 0.3 is 0 Å². The van der Waals surface area contributed by atoms with Crippen LogP contribution in [-0.2, 0) is 10.0 Å². The normalized spacial score (nSPS) is 21.2. The van der Waals surface area contributed by atoms with Gasteiger partial charge < -0.3 is 14.5 Å². The molecule has 2 aliphatic heterocycles. The molecule has 2 aromatic carbocycles. The van der Waals surface area contributed by atoms with Gasteiger partial charge in [-0.1, -0.05) is 58.4 Å². The van der Waals surface area contributed by atoms with Gasteiger partial charge in [0.25, 0.3) is 15.9 Å². The molecule has 11 nitrogen and oxygen atoms in total. The second kappa shape index (κ2) is 16.2. The highest BCUT2D eigenvalue weighted by Crippen LogP contribution is 2.40. The van der Waals surface area contributed by atoms with E-state index in [4.69, 9.17) is 9.72 Å². The number of anilines is 2. The topological polar surface area (TPSA) is 131 Å². The molecule has 4 bridgehead atoms. The van der Waals surface area contributed by atoms with Crippen LogP contribution in [0, 0.1) is 25.7 Å². The number of nitrogens with zero attached hydrogens (tertiary/aromatic N) is 6. The Hall–Kier alpha value is -4.58. The van der Waals surface area contributed by atoms with Crippen LogP contribution in [0.2, 0.25) is 0 Å². The smallest absolute Gasteiger partial charge is 0.264 e. The van der Waals surface area contributed by atoms with Crippen LogP contribution in [0.25, 0.3) is 11.3 Å². The molecule has 3 unspecified atom stereocenters. The number of sulfonamides is 1. The number of ether oxygens (including phenoxy) is 1. The minimum atomic E-state index is -4.18. The van der Waals surface area contributed by atoms with E-state index >= 15 is 0 Å².